The highest BCUT2D eigenvalue weighted by Gasteiger charge is 2.16. The molecule has 1 aliphatic rings. The smallest absolute Gasteiger partial charge is 0.126 e. The van der Waals surface area contributed by atoms with Gasteiger partial charge >= 0.3 is 0 Å². The van der Waals surface area contributed by atoms with Gasteiger partial charge in [0.05, 0.1) is 0 Å². The molecule has 1 atom stereocenters. The molecule has 0 saturated carbocycles. The van der Waals surface area contributed by atoms with E-state index in [4.69, 9.17) is 0 Å². The number of halogens is 1. The highest BCUT2D eigenvalue weighted by Crippen LogP contribution is 2.33. The average molecular weight is 337 g/mol. The second-order valence-corrected chi connectivity index (χ2v) is 6.41. The van der Waals surface area contributed by atoms with E-state index in [-0.39, 0.29) is 11.7 Å². The fraction of sp³-hybridized carbons (Fsp3) is 0.304. The highest BCUT2D eigenvalue weighted by atomic mass is 19.1. The Bertz CT molecular complexity index is 747. The fourth-order valence-electron chi connectivity index (χ4n) is 3.09. The van der Waals surface area contributed by atoms with Crippen molar-refractivity contribution in [1.82, 2.24) is 5.32 Å². The van der Waals surface area contributed by atoms with E-state index in [9.17, 15) is 4.39 Å². The molecule has 0 spiro atoms. The molecule has 0 aromatic heterocycles. The van der Waals surface area contributed by atoms with Crippen LogP contribution >= 0.6 is 0 Å². The Hall–Kier alpha value is -2.35. The Morgan fingerprint density at radius 2 is 2.16 bits per heavy atom. The van der Waals surface area contributed by atoms with Gasteiger partial charge in [0.2, 0.25) is 0 Å². The van der Waals surface area contributed by atoms with Crippen molar-refractivity contribution >= 4 is 0 Å². The molecule has 0 saturated heterocycles. The first-order chi connectivity index (χ1) is 12.1. The second-order valence-electron chi connectivity index (χ2n) is 6.41. The maximum Gasteiger partial charge on any atom is 0.126 e. The normalized spacial score (nSPS) is 17.9. The number of hydrogen-bond acceptors (Lipinski definition) is 1. The van der Waals surface area contributed by atoms with Crippen molar-refractivity contribution in [2.24, 2.45) is 0 Å². The van der Waals surface area contributed by atoms with Crippen LogP contribution in [0, 0.1) is 12.7 Å². The molecule has 1 aromatic rings. The standard InChI is InChI=1S/C23H28FN/c1-5-6-7-11-22(21-10-8-9-19(15-21)16-25-4)18(3)20-12-13-23(24)17(2)14-20/h5-6,8,10-16,18,25H,7,9H2,1-4H3/b6-5+,19-16+,22-11+. The van der Waals surface area contributed by atoms with E-state index in [1.807, 2.05) is 39.2 Å². The van der Waals surface area contributed by atoms with Gasteiger partial charge in [-0.1, -0.05) is 49.4 Å². The number of nitrogens with one attached hydrogen (secondary N) is 1. The zero-order valence-electron chi connectivity index (χ0n) is 15.6. The quantitative estimate of drug-likeness (QED) is 0.617. The monoisotopic (exact) mass is 337 g/mol. The van der Waals surface area contributed by atoms with Crippen LogP contribution in [-0.4, -0.2) is 7.05 Å². The summed E-state index contributed by atoms with van der Waals surface area (Å²) >= 11 is 0. The molecule has 0 radical (unpaired) electrons. The lowest BCUT2D eigenvalue weighted by Crippen LogP contribution is -2.04. The number of allylic oxidation sites excluding steroid dienone is 9. The van der Waals surface area contributed by atoms with Gasteiger partial charge in [0.25, 0.3) is 0 Å². The van der Waals surface area contributed by atoms with Gasteiger partial charge in [-0.25, -0.2) is 4.39 Å². The van der Waals surface area contributed by atoms with E-state index in [2.05, 4.69) is 48.7 Å². The van der Waals surface area contributed by atoms with Crippen LogP contribution in [-0.2, 0) is 0 Å². The van der Waals surface area contributed by atoms with Gasteiger partial charge in [-0.2, -0.15) is 0 Å². The number of aryl methyl sites for hydroxylation is 1. The molecular formula is C23H28FN. The zero-order valence-corrected chi connectivity index (χ0v) is 15.6. The summed E-state index contributed by atoms with van der Waals surface area (Å²) in [7, 11) is 1.92. The van der Waals surface area contributed by atoms with Crippen LogP contribution in [0.5, 0.6) is 0 Å². The van der Waals surface area contributed by atoms with E-state index in [0.29, 0.717) is 5.56 Å². The SMILES string of the molecule is C/C=C/C/C=C(C1=C/C(=C/NC)CC=C1)\C(C)c1ccc(F)c(C)c1. The summed E-state index contributed by atoms with van der Waals surface area (Å²) in [5, 5.41) is 3.11. The second kappa shape index (κ2) is 9.22. The van der Waals surface area contributed by atoms with E-state index >= 15 is 0 Å². The first-order valence-corrected chi connectivity index (χ1v) is 8.89. The van der Waals surface area contributed by atoms with E-state index in [1.165, 1.54) is 16.7 Å². The molecule has 0 bridgehead atoms. The summed E-state index contributed by atoms with van der Waals surface area (Å²) < 4.78 is 13.6. The van der Waals surface area contributed by atoms with Gasteiger partial charge in [0, 0.05) is 13.0 Å². The molecule has 0 aliphatic heterocycles. The van der Waals surface area contributed by atoms with Crippen LogP contribution in [0.1, 0.15) is 43.7 Å². The first-order valence-electron chi connectivity index (χ1n) is 8.89. The number of rotatable bonds is 6. The predicted molar refractivity (Wildman–Crippen MR) is 106 cm³/mol. The third-order valence-corrected chi connectivity index (χ3v) is 4.51. The third kappa shape index (κ3) is 5.06. The molecule has 132 valence electrons. The molecule has 1 N–H and O–H groups in total. The minimum atomic E-state index is -0.147. The molecule has 0 heterocycles. The molecule has 2 rings (SSSR count). The lowest BCUT2D eigenvalue weighted by Gasteiger charge is -2.21. The van der Waals surface area contributed by atoms with Crippen LogP contribution in [0.3, 0.4) is 0 Å². The number of benzene rings is 1. The molecule has 0 amide bonds. The van der Waals surface area contributed by atoms with Crippen molar-refractivity contribution in [2.75, 3.05) is 7.05 Å². The molecule has 0 fully saturated rings. The van der Waals surface area contributed by atoms with Gasteiger partial charge in [-0.3, -0.25) is 0 Å². The Labute approximate surface area is 151 Å². The maximum absolute atomic E-state index is 13.6. The van der Waals surface area contributed by atoms with Crippen LogP contribution in [0.2, 0.25) is 0 Å². The lowest BCUT2D eigenvalue weighted by molar-refractivity contribution is 0.617. The lowest BCUT2D eigenvalue weighted by atomic mass is 9.84. The third-order valence-electron chi connectivity index (χ3n) is 4.51. The topological polar surface area (TPSA) is 12.0 Å². The summed E-state index contributed by atoms with van der Waals surface area (Å²) in [4.78, 5) is 0. The van der Waals surface area contributed by atoms with Gasteiger partial charge in [0.15, 0.2) is 0 Å². The van der Waals surface area contributed by atoms with Gasteiger partial charge < -0.3 is 5.32 Å². The fourth-order valence-corrected chi connectivity index (χ4v) is 3.09. The van der Waals surface area contributed by atoms with Gasteiger partial charge in [-0.05, 0) is 72.9 Å². The summed E-state index contributed by atoms with van der Waals surface area (Å²) in [6.45, 7) is 6.05. The van der Waals surface area contributed by atoms with E-state index < -0.39 is 0 Å². The van der Waals surface area contributed by atoms with Crippen molar-refractivity contribution in [3.63, 3.8) is 0 Å². The Kier molecular flexibility index (Phi) is 7.00. The summed E-state index contributed by atoms with van der Waals surface area (Å²) in [6.07, 6.45) is 17.0. The van der Waals surface area contributed by atoms with Crippen molar-refractivity contribution in [3.8, 4) is 0 Å². The van der Waals surface area contributed by atoms with Crippen LogP contribution in [0.15, 0.2) is 77.6 Å². The molecule has 1 aromatic carbocycles. The molecule has 1 aliphatic carbocycles. The molecular weight excluding hydrogens is 309 g/mol. The Morgan fingerprint density at radius 3 is 2.84 bits per heavy atom. The van der Waals surface area contributed by atoms with Crippen molar-refractivity contribution < 1.29 is 4.39 Å². The van der Waals surface area contributed by atoms with Crippen LogP contribution in [0.25, 0.3) is 0 Å². The Balaban J connectivity index is 2.41. The van der Waals surface area contributed by atoms with Crippen LogP contribution in [0.4, 0.5) is 4.39 Å². The van der Waals surface area contributed by atoms with Gasteiger partial charge in [-0.15, -0.1) is 0 Å². The molecule has 1 nitrogen and oxygen atoms in total. The first kappa shape index (κ1) is 19.0. The molecule has 2 heteroatoms. The van der Waals surface area contributed by atoms with Gasteiger partial charge in [0.1, 0.15) is 5.82 Å². The Morgan fingerprint density at radius 1 is 1.36 bits per heavy atom. The predicted octanol–water partition coefficient (Wildman–Crippen LogP) is 6.12. The van der Waals surface area contributed by atoms with Crippen molar-refractivity contribution in [1.29, 1.82) is 0 Å². The summed E-state index contributed by atoms with van der Waals surface area (Å²) in [5.41, 5.74) is 5.61. The van der Waals surface area contributed by atoms with Crippen molar-refractivity contribution in [3.05, 3.63) is 94.5 Å². The van der Waals surface area contributed by atoms with Crippen molar-refractivity contribution in [2.45, 2.75) is 39.5 Å². The average Bonchev–Trinajstić information content (AvgIpc) is 2.61. The highest BCUT2D eigenvalue weighted by molar-refractivity contribution is 5.52. The zero-order chi connectivity index (χ0) is 18.2. The summed E-state index contributed by atoms with van der Waals surface area (Å²) in [5.74, 6) is 0.0563. The molecule has 25 heavy (non-hydrogen) atoms. The molecule has 1 unspecified atom stereocenters. The summed E-state index contributed by atoms with van der Waals surface area (Å²) in [6, 6.07) is 5.43. The van der Waals surface area contributed by atoms with Crippen LogP contribution < -0.4 is 5.32 Å². The maximum atomic E-state index is 13.6. The minimum absolute atomic E-state index is 0.147. The van der Waals surface area contributed by atoms with E-state index in [0.717, 1.165) is 18.4 Å². The van der Waals surface area contributed by atoms with E-state index in [1.54, 1.807) is 6.07 Å². The minimum Gasteiger partial charge on any atom is -0.394 e. The largest absolute Gasteiger partial charge is 0.394 e. The number of hydrogen-bond donors (Lipinski definition) is 1.